The average molecular weight is 343 g/mol. The van der Waals surface area contributed by atoms with Crippen LogP contribution in [0.4, 0.5) is 24.5 Å². The van der Waals surface area contributed by atoms with Gasteiger partial charge in [-0.15, -0.1) is 0 Å². The molecule has 0 radical (unpaired) electrons. The summed E-state index contributed by atoms with van der Waals surface area (Å²) in [5.41, 5.74) is -2.05. The molecule has 1 aromatic carbocycles. The Morgan fingerprint density at radius 2 is 2.05 bits per heavy atom. The van der Waals surface area contributed by atoms with Gasteiger partial charge < -0.3 is 15.2 Å². The van der Waals surface area contributed by atoms with Gasteiger partial charge >= 0.3 is 6.18 Å². The molecule has 124 valence electrons. The third-order valence-electron chi connectivity index (χ3n) is 2.60. The van der Waals surface area contributed by atoms with Crippen LogP contribution in [0.15, 0.2) is 12.1 Å². The van der Waals surface area contributed by atoms with Crippen LogP contribution in [0.5, 0.6) is 0 Å². The van der Waals surface area contributed by atoms with Gasteiger partial charge in [-0.05, 0) is 12.5 Å². The van der Waals surface area contributed by atoms with Crippen molar-refractivity contribution >= 4 is 23.0 Å². The molecule has 1 aromatic rings. The molecule has 0 unspecified atom stereocenters. The second-order valence-electron chi connectivity index (χ2n) is 4.22. The standard InChI is InChI=1S/C12H14ClF3N2O4/c13-9-7-10(17-2-1-4-22-5-3-19)11(18(20)21)6-8(9)12(14,15)16/h6-7,17,19H,1-5H2. The molecule has 0 spiro atoms. The van der Waals surface area contributed by atoms with E-state index in [2.05, 4.69) is 5.32 Å². The van der Waals surface area contributed by atoms with Gasteiger partial charge in [-0.2, -0.15) is 13.2 Å². The first-order valence-electron chi connectivity index (χ1n) is 6.25. The molecular formula is C12H14ClF3N2O4. The number of nitro benzene ring substituents is 1. The van der Waals surface area contributed by atoms with Crippen molar-refractivity contribution in [1.82, 2.24) is 0 Å². The number of benzene rings is 1. The van der Waals surface area contributed by atoms with E-state index in [-0.39, 0.29) is 25.4 Å². The fourth-order valence-electron chi connectivity index (χ4n) is 1.64. The molecule has 10 heteroatoms. The second-order valence-corrected chi connectivity index (χ2v) is 4.63. The van der Waals surface area contributed by atoms with Crippen molar-refractivity contribution in [3.8, 4) is 0 Å². The number of nitrogens with one attached hydrogen (secondary N) is 1. The Labute approximate surface area is 129 Å². The van der Waals surface area contributed by atoms with Gasteiger partial charge in [0.05, 0.1) is 28.7 Å². The van der Waals surface area contributed by atoms with Crippen LogP contribution in [-0.2, 0) is 10.9 Å². The summed E-state index contributed by atoms with van der Waals surface area (Å²) in [7, 11) is 0. The summed E-state index contributed by atoms with van der Waals surface area (Å²) in [5, 5.41) is 21.4. The lowest BCUT2D eigenvalue weighted by Gasteiger charge is -2.12. The van der Waals surface area contributed by atoms with E-state index < -0.39 is 27.4 Å². The third kappa shape index (κ3) is 5.32. The molecule has 0 atom stereocenters. The van der Waals surface area contributed by atoms with Gasteiger partial charge in [0.2, 0.25) is 0 Å². The van der Waals surface area contributed by atoms with Crippen molar-refractivity contribution in [2.45, 2.75) is 12.6 Å². The normalized spacial score (nSPS) is 11.5. The molecule has 22 heavy (non-hydrogen) atoms. The molecule has 0 bridgehead atoms. The molecular weight excluding hydrogens is 329 g/mol. The molecule has 0 saturated heterocycles. The zero-order valence-corrected chi connectivity index (χ0v) is 12.1. The SMILES string of the molecule is O=[N+]([O-])c1cc(C(F)(F)F)c(Cl)cc1NCCCOCCO. The summed E-state index contributed by atoms with van der Waals surface area (Å²) >= 11 is 5.54. The van der Waals surface area contributed by atoms with Crippen LogP contribution in [0.2, 0.25) is 5.02 Å². The Balaban J connectivity index is 2.82. The van der Waals surface area contributed by atoms with Crippen LogP contribution in [0, 0.1) is 10.1 Å². The number of hydrogen-bond donors (Lipinski definition) is 2. The van der Waals surface area contributed by atoms with E-state index in [0.29, 0.717) is 19.1 Å². The van der Waals surface area contributed by atoms with E-state index in [1.54, 1.807) is 0 Å². The van der Waals surface area contributed by atoms with Crippen molar-refractivity contribution in [1.29, 1.82) is 0 Å². The molecule has 0 aliphatic carbocycles. The maximum Gasteiger partial charge on any atom is 0.418 e. The highest BCUT2D eigenvalue weighted by atomic mass is 35.5. The lowest BCUT2D eigenvalue weighted by molar-refractivity contribution is -0.384. The summed E-state index contributed by atoms with van der Waals surface area (Å²) in [4.78, 5) is 9.98. The molecule has 0 aromatic heterocycles. The van der Waals surface area contributed by atoms with Crippen molar-refractivity contribution in [2.24, 2.45) is 0 Å². The Morgan fingerprint density at radius 1 is 1.36 bits per heavy atom. The number of aliphatic hydroxyl groups is 1. The minimum absolute atomic E-state index is 0.0924. The number of rotatable bonds is 8. The summed E-state index contributed by atoms with van der Waals surface area (Å²) in [6, 6.07) is 1.30. The minimum Gasteiger partial charge on any atom is -0.394 e. The van der Waals surface area contributed by atoms with Gasteiger partial charge in [0, 0.05) is 19.2 Å². The Hall–Kier alpha value is -1.58. The minimum atomic E-state index is -4.77. The van der Waals surface area contributed by atoms with Crippen molar-refractivity contribution in [2.75, 3.05) is 31.7 Å². The summed E-state index contributed by atoms with van der Waals surface area (Å²) in [6.45, 7) is 0.601. The number of halogens is 4. The maximum atomic E-state index is 12.7. The molecule has 6 nitrogen and oxygen atoms in total. The predicted molar refractivity (Wildman–Crippen MR) is 74.1 cm³/mol. The lowest BCUT2D eigenvalue weighted by Crippen LogP contribution is -2.11. The zero-order valence-electron chi connectivity index (χ0n) is 11.3. The number of alkyl halides is 3. The molecule has 0 amide bonds. The summed E-state index contributed by atoms with van der Waals surface area (Å²) < 4.78 is 43.0. The largest absolute Gasteiger partial charge is 0.418 e. The van der Waals surface area contributed by atoms with Gasteiger partial charge in [0.15, 0.2) is 0 Å². The van der Waals surface area contributed by atoms with Crippen LogP contribution >= 0.6 is 11.6 Å². The van der Waals surface area contributed by atoms with Crippen LogP contribution < -0.4 is 5.32 Å². The first-order chi connectivity index (χ1) is 10.3. The van der Waals surface area contributed by atoms with Crippen LogP contribution in [0.25, 0.3) is 0 Å². The molecule has 1 rings (SSSR count). The van der Waals surface area contributed by atoms with Gasteiger partial charge in [-0.3, -0.25) is 10.1 Å². The van der Waals surface area contributed by atoms with Gasteiger partial charge in [0.1, 0.15) is 5.69 Å². The van der Waals surface area contributed by atoms with Gasteiger partial charge in [-0.25, -0.2) is 0 Å². The molecule has 0 heterocycles. The average Bonchev–Trinajstić information content (AvgIpc) is 2.41. The monoisotopic (exact) mass is 342 g/mol. The van der Waals surface area contributed by atoms with E-state index in [1.807, 2.05) is 0 Å². The lowest BCUT2D eigenvalue weighted by atomic mass is 10.1. The number of nitrogens with zero attached hydrogens (tertiary/aromatic N) is 1. The molecule has 0 saturated carbocycles. The summed E-state index contributed by atoms with van der Waals surface area (Å²) in [6.07, 6.45) is -4.31. The number of ether oxygens (including phenoxy) is 1. The van der Waals surface area contributed by atoms with Gasteiger partial charge in [-0.1, -0.05) is 11.6 Å². The van der Waals surface area contributed by atoms with E-state index >= 15 is 0 Å². The fraction of sp³-hybridized carbons (Fsp3) is 0.500. The number of aliphatic hydroxyl groups excluding tert-OH is 1. The third-order valence-corrected chi connectivity index (χ3v) is 2.92. The topological polar surface area (TPSA) is 84.6 Å². The van der Waals surface area contributed by atoms with E-state index in [0.717, 1.165) is 6.07 Å². The molecule has 0 fully saturated rings. The second kappa shape index (κ2) is 8.16. The number of anilines is 1. The zero-order chi connectivity index (χ0) is 16.8. The number of nitro groups is 1. The highest BCUT2D eigenvalue weighted by Gasteiger charge is 2.36. The first kappa shape index (κ1) is 18.5. The Morgan fingerprint density at radius 3 is 2.59 bits per heavy atom. The molecule has 2 N–H and O–H groups in total. The molecule has 0 aliphatic rings. The van der Waals surface area contributed by atoms with E-state index in [4.69, 9.17) is 21.4 Å². The smallest absolute Gasteiger partial charge is 0.394 e. The van der Waals surface area contributed by atoms with Crippen LogP contribution in [-0.4, -0.2) is 36.4 Å². The van der Waals surface area contributed by atoms with Crippen molar-refractivity contribution in [3.63, 3.8) is 0 Å². The van der Waals surface area contributed by atoms with E-state index in [1.165, 1.54) is 0 Å². The molecule has 0 aliphatic heterocycles. The van der Waals surface area contributed by atoms with Crippen molar-refractivity contribution < 1.29 is 27.9 Å². The highest BCUT2D eigenvalue weighted by Crippen LogP contribution is 2.40. The summed E-state index contributed by atoms with van der Waals surface area (Å²) in [5.74, 6) is 0. The fourth-order valence-corrected chi connectivity index (χ4v) is 1.91. The maximum absolute atomic E-state index is 12.7. The predicted octanol–water partition coefficient (Wildman–Crippen LogP) is 3.08. The highest BCUT2D eigenvalue weighted by molar-refractivity contribution is 6.31. The van der Waals surface area contributed by atoms with Gasteiger partial charge in [0.25, 0.3) is 5.69 Å². The van der Waals surface area contributed by atoms with Crippen LogP contribution in [0.3, 0.4) is 0 Å². The number of hydrogen-bond acceptors (Lipinski definition) is 5. The quantitative estimate of drug-likeness (QED) is 0.431. The van der Waals surface area contributed by atoms with Crippen molar-refractivity contribution in [3.05, 3.63) is 32.8 Å². The Kier molecular flexibility index (Phi) is 6.85. The Bertz CT molecular complexity index is 526. The first-order valence-corrected chi connectivity index (χ1v) is 6.62. The van der Waals surface area contributed by atoms with Crippen LogP contribution in [0.1, 0.15) is 12.0 Å². The van der Waals surface area contributed by atoms with E-state index in [9.17, 15) is 23.3 Å².